The smallest absolute Gasteiger partial charge is 0.181 e. The zero-order chi connectivity index (χ0) is 16.7. The average Bonchev–Trinajstić information content (AvgIpc) is 2.57. The van der Waals surface area contributed by atoms with Gasteiger partial charge in [-0.05, 0) is 31.4 Å². The lowest BCUT2D eigenvalue weighted by Gasteiger charge is -2.33. The standard InChI is InChI=1S/C17H26O6/c1-21-14-6-4-12(5-7-14)17(20)22-11-16-10-13(19)9-15(23-16)3-2-8-18/h4-7,13,15-20H,2-3,8-11H2,1H3/t13-,15-,16+,17?/m1/s1. The van der Waals surface area contributed by atoms with E-state index in [1.165, 1.54) is 0 Å². The second kappa shape index (κ2) is 9.20. The predicted octanol–water partition coefficient (Wildman–Crippen LogP) is 1.38. The van der Waals surface area contributed by atoms with Crippen molar-refractivity contribution in [3.8, 4) is 5.75 Å². The van der Waals surface area contributed by atoms with Gasteiger partial charge < -0.3 is 29.5 Å². The van der Waals surface area contributed by atoms with Gasteiger partial charge in [0.2, 0.25) is 0 Å². The Morgan fingerprint density at radius 1 is 1.22 bits per heavy atom. The minimum atomic E-state index is -1.04. The van der Waals surface area contributed by atoms with Gasteiger partial charge >= 0.3 is 0 Å². The van der Waals surface area contributed by atoms with Gasteiger partial charge in [-0.15, -0.1) is 0 Å². The zero-order valence-corrected chi connectivity index (χ0v) is 13.4. The van der Waals surface area contributed by atoms with Crippen LogP contribution in [0.2, 0.25) is 0 Å². The minimum Gasteiger partial charge on any atom is -0.497 e. The van der Waals surface area contributed by atoms with Crippen LogP contribution in [-0.2, 0) is 9.47 Å². The first-order chi connectivity index (χ1) is 11.1. The molecule has 6 nitrogen and oxygen atoms in total. The summed E-state index contributed by atoms with van der Waals surface area (Å²) in [5.74, 6) is 0.714. The maximum atomic E-state index is 10.1. The molecule has 1 aliphatic heterocycles. The molecule has 0 saturated carbocycles. The quantitative estimate of drug-likeness (QED) is 0.626. The number of hydrogen-bond donors (Lipinski definition) is 3. The molecule has 1 aromatic carbocycles. The third-order valence-corrected chi connectivity index (χ3v) is 3.98. The molecule has 0 aliphatic carbocycles. The Labute approximate surface area is 136 Å². The largest absolute Gasteiger partial charge is 0.497 e. The molecular weight excluding hydrogens is 300 g/mol. The fourth-order valence-electron chi connectivity index (χ4n) is 2.76. The van der Waals surface area contributed by atoms with Gasteiger partial charge in [0.05, 0.1) is 32.0 Å². The summed E-state index contributed by atoms with van der Waals surface area (Å²) >= 11 is 0. The van der Waals surface area contributed by atoms with Gasteiger partial charge in [-0.3, -0.25) is 0 Å². The van der Waals surface area contributed by atoms with E-state index >= 15 is 0 Å². The predicted molar refractivity (Wildman–Crippen MR) is 84.1 cm³/mol. The first-order valence-electron chi connectivity index (χ1n) is 8.00. The molecule has 6 heteroatoms. The maximum absolute atomic E-state index is 10.1. The molecule has 0 aromatic heterocycles. The molecule has 3 N–H and O–H groups in total. The van der Waals surface area contributed by atoms with Crippen molar-refractivity contribution in [1.29, 1.82) is 0 Å². The van der Waals surface area contributed by atoms with Gasteiger partial charge in [0.25, 0.3) is 0 Å². The lowest BCUT2D eigenvalue weighted by Crippen LogP contribution is -2.38. The number of aliphatic hydroxyl groups excluding tert-OH is 3. The molecule has 1 unspecified atom stereocenters. The van der Waals surface area contributed by atoms with Gasteiger partial charge in [0, 0.05) is 18.6 Å². The van der Waals surface area contributed by atoms with Crippen molar-refractivity contribution >= 4 is 0 Å². The topological polar surface area (TPSA) is 88.4 Å². The molecule has 1 aromatic rings. The van der Waals surface area contributed by atoms with Gasteiger partial charge in [-0.25, -0.2) is 0 Å². The van der Waals surface area contributed by atoms with Gasteiger partial charge in [-0.1, -0.05) is 12.1 Å². The highest BCUT2D eigenvalue weighted by Gasteiger charge is 2.28. The van der Waals surface area contributed by atoms with E-state index in [4.69, 9.17) is 19.3 Å². The van der Waals surface area contributed by atoms with Crippen molar-refractivity contribution in [2.45, 2.75) is 50.3 Å². The summed E-state index contributed by atoms with van der Waals surface area (Å²) in [6, 6.07) is 7.00. The molecule has 1 aliphatic rings. The monoisotopic (exact) mass is 326 g/mol. The van der Waals surface area contributed by atoms with Gasteiger partial charge in [0.15, 0.2) is 6.29 Å². The SMILES string of the molecule is COc1ccc(C(O)OC[C@@H]2C[C@H](O)C[C@@H](CCCO)O2)cc1. The normalized spacial score (nSPS) is 26.0. The molecule has 1 saturated heterocycles. The molecule has 0 amide bonds. The van der Waals surface area contributed by atoms with Crippen LogP contribution in [0.15, 0.2) is 24.3 Å². The summed E-state index contributed by atoms with van der Waals surface area (Å²) in [6.45, 7) is 0.327. The third-order valence-electron chi connectivity index (χ3n) is 3.98. The Bertz CT molecular complexity index is 449. The molecule has 2 rings (SSSR count). The van der Waals surface area contributed by atoms with Crippen LogP contribution in [0, 0.1) is 0 Å². The van der Waals surface area contributed by atoms with Gasteiger partial charge in [-0.2, -0.15) is 0 Å². The molecule has 23 heavy (non-hydrogen) atoms. The van der Waals surface area contributed by atoms with Crippen molar-refractivity contribution in [3.63, 3.8) is 0 Å². The van der Waals surface area contributed by atoms with Crippen molar-refractivity contribution in [3.05, 3.63) is 29.8 Å². The molecule has 0 bridgehead atoms. The number of aliphatic hydroxyl groups is 3. The van der Waals surface area contributed by atoms with Crippen molar-refractivity contribution in [2.75, 3.05) is 20.3 Å². The Morgan fingerprint density at radius 2 is 1.91 bits per heavy atom. The summed E-state index contributed by atoms with van der Waals surface area (Å²) in [7, 11) is 1.58. The van der Waals surface area contributed by atoms with Crippen LogP contribution in [0.25, 0.3) is 0 Å². The zero-order valence-electron chi connectivity index (χ0n) is 13.4. The Kier molecular flexibility index (Phi) is 7.26. The molecular formula is C17H26O6. The number of methoxy groups -OCH3 is 1. The fourth-order valence-corrected chi connectivity index (χ4v) is 2.76. The molecule has 0 radical (unpaired) electrons. The van der Waals surface area contributed by atoms with E-state index in [0.717, 1.165) is 0 Å². The van der Waals surface area contributed by atoms with E-state index < -0.39 is 12.4 Å². The van der Waals surface area contributed by atoms with Crippen molar-refractivity contribution in [2.24, 2.45) is 0 Å². The Morgan fingerprint density at radius 3 is 2.57 bits per heavy atom. The maximum Gasteiger partial charge on any atom is 0.181 e. The second-order valence-corrected chi connectivity index (χ2v) is 5.83. The van der Waals surface area contributed by atoms with E-state index in [1.54, 1.807) is 31.4 Å². The number of ether oxygens (including phenoxy) is 3. The highest BCUT2D eigenvalue weighted by molar-refractivity contribution is 5.27. The van der Waals surface area contributed by atoms with Gasteiger partial charge in [0.1, 0.15) is 5.75 Å². The van der Waals surface area contributed by atoms with Crippen LogP contribution in [0.4, 0.5) is 0 Å². The van der Waals surface area contributed by atoms with Crippen LogP contribution < -0.4 is 4.74 Å². The molecule has 4 atom stereocenters. The van der Waals surface area contributed by atoms with E-state index in [9.17, 15) is 10.2 Å². The molecule has 0 spiro atoms. The summed E-state index contributed by atoms with van der Waals surface area (Å²) in [5, 5.41) is 28.9. The lowest BCUT2D eigenvalue weighted by molar-refractivity contribution is -0.169. The average molecular weight is 326 g/mol. The molecule has 1 fully saturated rings. The van der Waals surface area contributed by atoms with Crippen LogP contribution in [-0.4, -0.2) is 54.0 Å². The lowest BCUT2D eigenvalue weighted by atomic mass is 9.98. The van der Waals surface area contributed by atoms with E-state index in [-0.39, 0.29) is 25.4 Å². The van der Waals surface area contributed by atoms with Crippen LogP contribution in [0.3, 0.4) is 0 Å². The van der Waals surface area contributed by atoms with Crippen molar-refractivity contribution in [1.82, 2.24) is 0 Å². The first kappa shape index (κ1) is 18.2. The van der Waals surface area contributed by atoms with Crippen LogP contribution in [0.5, 0.6) is 5.75 Å². The third kappa shape index (κ3) is 5.75. The summed E-state index contributed by atoms with van der Waals surface area (Å²) in [6.07, 6.45) is 0.638. The number of benzene rings is 1. The Hall–Kier alpha value is -1.18. The summed E-state index contributed by atoms with van der Waals surface area (Å²) in [5.41, 5.74) is 0.638. The number of rotatable bonds is 8. The van der Waals surface area contributed by atoms with E-state index in [1.807, 2.05) is 0 Å². The molecule has 1 heterocycles. The first-order valence-corrected chi connectivity index (χ1v) is 8.00. The fraction of sp³-hybridized carbons (Fsp3) is 0.647. The Balaban J connectivity index is 1.81. The van der Waals surface area contributed by atoms with E-state index in [2.05, 4.69) is 0 Å². The second-order valence-electron chi connectivity index (χ2n) is 5.83. The molecule has 130 valence electrons. The van der Waals surface area contributed by atoms with E-state index in [0.29, 0.717) is 37.0 Å². The van der Waals surface area contributed by atoms with Crippen molar-refractivity contribution < 1.29 is 29.5 Å². The van der Waals surface area contributed by atoms with Crippen LogP contribution in [0.1, 0.15) is 37.5 Å². The summed E-state index contributed by atoms with van der Waals surface area (Å²) in [4.78, 5) is 0. The number of hydrogen-bond acceptors (Lipinski definition) is 6. The highest BCUT2D eigenvalue weighted by atomic mass is 16.6. The highest BCUT2D eigenvalue weighted by Crippen LogP contribution is 2.25. The minimum absolute atomic E-state index is 0.0716. The summed E-state index contributed by atoms with van der Waals surface area (Å²) < 4.78 is 16.4. The van der Waals surface area contributed by atoms with Crippen LogP contribution >= 0.6 is 0 Å².